The Labute approximate surface area is 190 Å². The van der Waals surface area contributed by atoms with Crippen molar-refractivity contribution in [2.24, 2.45) is 0 Å². The standard InChI is InChI=1S/C24H20N2O6S/c1-29-19-10-6-5-9-18(19)22-26-24(23(32-22)25-16-7-3-2-4-8-16)33(27,28)17-11-12-20-21(15-17)31-14-13-30-20/h2-12,15,25H,13-14H2,1H3. The maximum Gasteiger partial charge on any atom is 0.238 e. The number of aromatic nitrogens is 1. The fourth-order valence-electron chi connectivity index (χ4n) is 3.46. The topological polar surface area (TPSA) is 99.9 Å². The van der Waals surface area contributed by atoms with E-state index in [-0.39, 0.29) is 21.7 Å². The minimum atomic E-state index is -4.07. The van der Waals surface area contributed by atoms with Crippen LogP contribution in [0.5, 0.6) is 17.2 Å². The van der Waals surface area contributed by atoms with Gasteiger partial charge in [0.15, 0.2) is 11.5 Å². The average molecular weight is 464 g/mol. The molecule has 0 unspecified atom stereocenters. The molecule has 0 amide bonds. The first kappa shape index (κ1) is 20.9. The second kappa shape index (κ2) is 8.51. The second-order valence-electron chi connectivity index (χ2n) is 7.15. The van der Waals surface area contributed by atoms with Crippen molar-refractivity contribution in [1.82, 2.24) is 4.98 Å². The maximum atomic E-state index is 13.6. The molecule has 3 aromatic carbocycles. The van der Waals surface area contributed by atoms with Crippen LogP contribution in [0.1, 0.15) is 0 Å². The minimum absolute atomic E-state index is 0.00278. The molecule has 5 rings (SSSR count). The van der Waals surface area contributed by atoms with Gasteiger partial charge in [0.05, 0.1) is 17.6 Å². The van der Waals surface area contributed by atoms with Crippen molar-refractivity contribution in [3.8, 4) is 28.7 Å². The Kier molecular flexibility index (Phi) is 5.39. The van der Waals surface area contributed by atoms with Gasteiger partial charge in [-0.15, -0.1) is 0 Å². The van der Waals surface area contributed by atoms with Crippen molar-refractivity contribution in [2.45, 2.75) is 9.92 Å². The second-order valence-corrected chi connectivity index (χ2v) is 9.02. The number of sulfone groups is 1. The van der Waals surface area contributed by atoms with E-state index in [1.54, 1.807) is 42.5 Å². The van der Waals surface area contributed by atoms with Crippen LogP contribution in [0.15, 0.2) is 87.1 Å². The Hall–Kier alpha value is -3.98. The third kappa shape index (κ3) is 3.98. The van der Waals surface area contributed by atoms with Crippen LogP contribution in [0.3, 0.4) is 0 Å². The highest BCUT2D eigenvalue weighted by Gasteiger charge is 2.30. The van der Waals surface area contributed by atoms with E-state index < -0.39 is 9.84 Å². The molecule has 33 heavy (non-hydrogen) atoms. The molecular weight excluding hydrogens is 444 g/mol. The molecule has 9 heteroatoms. The van der Waals surface area contributed by atoms with Crippen molar-refractivity contribution in [3.63, 3.8) is 0 Å². The number of oxazole rings is 1. The number of benzene rings is 3. The number of anilines is 2. The third-order valence-electron chi connectivity index (χ3n) is 5.04. The summed E-state index contributed by atoms with van der Waals surface area (Å²) in [5.41, 5.74) is 1.18. The quantitative estimate of drug-likeness (QED) is 0.438. The Morgan fingerprint density at radius 3 is 2.42 bits per heavy atom. The number of para-hydroxylation sites is 2. The van der Waals surface area contributed by atoms with Crippen LogP contribution in [0.25, 0.3) is 11.5 Å². The molecule has 1 N–H and O–H groups in total. The summed E-state index contributed by atoms with van der Waals surface area (Å²) >= 11 is 0. The Bertz CT molecular complexity index is 1400. The van der Waals surface area contributed by atoms with E-state index in [0.29, 0.717) is 41.7 Å². The highest BCUT2D eigenvalue weighted by atomic mass is 32.2. The van der Waals surface area contributed by atoms with E-state index in [1.807, 2.05) is 18.2 Å². The number of fused-ring (bicyclic) bond motifs is 1. The number of nitrogens with zero attached hydrogens (tertiary/aromatic N) is 1. The van der Waals surface area contributed by atoms with Gasteiger partial charge in [0.25, 0.3) is 0 Å². The van der Waals surface area contributed by atoms with Crippen LogP contribution in [-0.4, -0.2) is 33.7 Å². The van der Waals surface area contributed by atoms with Crippen molar-refractivity contribution >= 4 is 21.4 Å². The van der Waals surface area contributed by atoms with Crippen LogP contribution in [-0.2, 0) is 9.84 Å². The van der Waals surface area contributed by atoms with Gasteiger partial charge >= 0.3 is 0 Å². The molecule has 0 saturated heterocycles. The summed E-state index contributed by atoms with van der Waals surface area (Å²) in [4.78, 5) is 4.39. The molecular formula is C24H20N2O6S. The largest absolute Gasteiger partial charge is 0.496 e. The normalized spacial score (nSPS) is 12.9. The van der Waals surface area contributed by atoms with Gasteiger partial charge in [-0.2, -0.15) is 4.98 Å². The molecule has 1 aliphatic rings. The summed E-state index contributed by atoms with van der Waals surface area (Å²) in [6.45, 7) is 0.759. The lowest BCUT2D eigenvalue weighted by atomic mass is 10.2. The van der Waals surface area contributed by atoms with E-state index >= 15 is 0 Å². The molecule has 2 heterocycles. The minimum Gasteiger partial charge on any atom is -0.496 e. The zero-order chi connectivity index (χ0) is 22.8. The smallest absolute Gasteiger partial charge is 0.238 e. The Balaban J connectivity index is 1.64. The molecule has 1 aromatic heterocycles. The Morgan fingerprint density at radius 2 is 1.64 bits per heavy atom. The number of ether oxygens (including phenoxy) is 3. The van der Waals surface area contributed by atoms with Gasteiger partial charge in [-0.3, -0.25) is 0 Å². The van der Waals surface area contributed by atoms with E-state index in [4.69, 9.17) is 18.6 Å². The molecule has 4 aromatic rings. The molecule has 0 bridgehead atoms. The van der Waals surface area contributed by atoms with Crippen molar-refractivity contribution in [1.29, 1.82) is 0 Å². The van der Waals surface area contributed by atoms with Crippen LogP contribution in [0.4, 0.5) is 11.6 Å². The highest BCUT2D eigenvalue weighted by Crippen LogP contribution is 2.39. The van der Waals surface area contributed by atoms with Gasteiger partial charge in [-0.05, 0) is 36.4 Å². The lowest BCUT2D eigenvalue weighted by Crippen LogP contribution is -2.16. The number of methoxy groups -OCH3 is 1. The predicted molar refractivity (Wildman–Crippen MR) is 121 cm³/mol. The van der Waals surface area contributed by atoms with Gasteiger partial charge in [0.2, 0.25) is 26.6 Å². The number of hydrogen-bond acceptors (Lipinski definition) is 8. The van der Waals surface area contributed by atoms with E-state index in [1.165, 1.54) is 19.2 Å². The Morgan fingerprint density at radius 1 is 0.909 bits per heavy atom. The zero-order valence-corrected chi connectivity index (χ0v) is 18.5. The summed E-state index contributed by atoms with van der Waals surface area (Å²) < 4.78 is 49.7. The first-order valence-electron chi connectivity index (χ1n) is 10.2. The van der Waals surface area contributed by atoms with Gasteiger partial charge in [-0.1, -0.05) is 30.3 Å². The molecule has 168 valence electrons. The van der Waals surface area contributed by atoms with Crippen molar-refractivity contribution < 1.29 is 27.0 Å². The number of nitrogens with one attached hydrogen (secondary N) is 1. The molecule has 0 saturated carbocycles. The molecule has 0 radical (unpaired) electrons. The molecule has 0 atom stereocenters. The SMILES string of the molecule is COc1ccccc1-c1nc(S(=O)(=O)c2ccc3c(c2)OCCO3)c(Nc2ccccc2)o1. The first-order chi connectivity index (χ1) is 16.1. The summed E-state index contributed by atoms with van der Waals surface area (Å²) in [6, 6.07) is 20.7. The molecule has 0 fully saturated rings. The fourth-order valence-corrected chi connectivity index (χ4v) is 4.73. The van der Waals surface area contributed by atoms with Gasteiger partial charge in [0, 0.05) is 11.8 Å². The number of hydrogen-bond donors (Lipinski definition) is 1. The van der Waals surface area contributed by atoms with Gasteiger partial charge in [-0.25, -0.2) is 8.42 Å². The first-order valence-corrected chi connectivity index (χ1v) is 11.7. The molecule has 8 nitrogen and oxygen atoms in total. The average Bonchev–Trinajstić information content (AvgIpc) is 3.28. The molecule has 0 aliphatic carbocycles. The maximum absolute atomic E-state index is 13.6. The van der Waals surface area contributed by atoms with E-state index in [0.717, 1.165) is 0 Å². The lowest BCUT2D eigenvalue weighted by Gasteiger charge is -2.18. The lowest BCUT2D eigenvalue weighted by molar-refractivity contribution is 0.171. The summed E-state index contributed by atoms with van der Waals surface area (Å²) in [5, 5.41) is 2.79. The molecule has 0 spiro atoms. The monoisotopic (exact) mass is 464 g/mol. The van der Waals surface area contributed by atoms with Gasteiger partial charge in [0.1, 0.15) is 19.0 Å². The van der Waals surface area contributed by atoms with E-state index in [9.17, 15) is 8.42 Å². The van der Waals surface area contributed by atoms with E-state index in [2.05, 4.69) is 10.3 Å². The molecule has 1 aliphatic heterocycles. The zero-order valence-electron chi connectivity index (χ0n) is 17.6. The van der Waals surface area contributed by atoms with Crippen molar-refractivity contribution in [3.05, 3.63) is 72.8 Å². The summed E-state index contributed by atoms with van der Waals surface area (Å²) in [6.07, 6.45) is 0. The fraction of sp³-hybridized carbons (Fsp3) is 0.125. The van der Waals surface area contributed by atoms with Crippen molar-refractivity contribution in [2.75, 3.05) is 25.6 Å². The third-order valence-corrected chi connectivity index (χ3v) is 6.70. The van der Waals surface area contributed by atoms with Crippen LogP contribution >= 0.6 is 0 Å². The van der Waals surface area contributed by atoms with Gasteiger partial charge < -0.3 is 23.9 Å². The summed E-state index contributed by atoms with van der Waals surface area (Å²) in [7, 11) is -2.55. The van der Waals surface area contributed by atoms with Crippen LogP contribution in [0, 0.1) is 0 Å². The number of rotatable bonds is 6. The summed E-state index contributed by atoms with van der Waals surface area (Å²) in [5.74, 6) is 1.48. The van der Waals surface area contributed by atoms with Crippen LogP contribution < -0.4 is 19.5 Å². The van der Waals surface area contributed by atoms with Crippen LogP contribution in [0.2, 0.25) is 0 Å². The highest BCUT2D eigenvalue weighted by molar-refractivity contribution is 7.91. The predicted octanol–water partition coefficient (Wildman–Crippen LogP) is 4.70.